The normalized spacial score (nSPS) is 21.4. The van der Waals surface area contributed by atoms with Crippen LogP contribution < -0.4 is 5.32 Å². The van der Waals surface area contributed by atoms with Gasteiger partial charge < -0.3 is 10.2 Å². The molecule has 0 spiro atoms. The van der Waals surface area contributed by atoms with Crippen molar-refractivity contribution in [2.45, 2.75) is 45.6 Å². The SMILES string of the molecule is Cc1c(C(=O)N2CC[C@@H]3CCCC[C@H]3C2)sc2ncnc(NCc3ccccn3)c12. The van der Waals surface area contributed by atoms with E-state index in [0.717, 1.165) is 57.6 Å². The number of hydrogen-bond acceptors (Lipinski definition) is 6. The third-order valence-electron chi connectivity index (χ3n) is 6.66. The van der Waals surface area contributed by atoms with Crippen molar-refractivity contribution in [2.75, 3.05) is 18.4 Å². The van der Waals surface area contributed by atoms with E-state index in [9.17, 15) is 4.79 Å². The first-order valence-electron chi connectivity index (χ1n) is 10.9. The molecule has 3 aromatic heterocycles. The molecule has 7 heteroatoms. The highest BCUT2D eigenvalue weighted by Gasteiger charge is 2.34. The van der Waals surface area contributed by atoms with Crippen LogP contribution in [-0.4, -0.2) is 38.8 Å². The van der Waals surface area contributed by atoms with Crippen LogP contribution in [0.25, 0.3) is 10.2 Å². The molecule has 4 heterocycles. The Morgan fingerprint density at radius 1 is 1.17 bits per heavy atom. The third kappa shape index (κ3) is 3.67. The first kappa shape index (κ1) is 19.4. The average molecular weight is 422 g/mol. The highest BCUT2D eigenvalue weighted by molar-refractivity contribution is 7.20. The molecule has 6 nitrogen and oxygen atoms in total. The number of carbonyl (C=O) groups is 1. The van der Waals surface area contributed by atoms with Gasteiger partial charge in [0.05, 0.1) is 22.5 Å². The minimum atomic E-state index is 0.162. The second-order valence-corrected chi connectivity index (χ2v) is 9.48. The number of nitrogens with one attached hydrogen (secondary N) is 1. The topological polar surface area (TPSA) is 71.0 Å². The zero-order valence-corrected chi connectivity index (χ0v) is 18.1. The zero-order chi connectivity index (χ0) is 20.5. The van der Waals surface area contributed by atoms with Crippen LogP contribution >= 0.6 is 11.3 Å². The first-order chi connectivity index (χ1) is 14.7. The molecule has 0 unspecified atom stereocenters. The Bertz CT molecular complexity index is 1050. The van der Waals surface area contributed by atoms with Crippen molar-refractivity contribution in [1.82, 2.24) is 19.9 Å². The lowest BCUT2D eigenvalue weighted by molar-refractivity contribution is 0.0525. The maximum absolute atomic E-state index is 13.4. The van der Waals surface area contributed by atoms with Gasteiger partial charge in [-0.1, -0.05) is 25.3 Å². The van der Waals surface area contributed by atoms with E-state index in [4.69, 9.17) is 0 Å². The van der Waals surface area contributed by atoms with E-state index in [2.05, 4.69) is 25.2 Å². The minimum Gasteiger partial charge on any atom is -0.364 e. The molecular formula is C23H27N5OS. The number of nitrogens with zero attached hydrogens (tertiary/aromatic N) is 4. The predicted molar refractivity (Wildman–Crippen MR) is 120 cm³/mol. The standard InChI is InChI=1S/C23H27N5OS/c1-15-19-21(25-12-18-8-4-5-10-24-18)26-14-27-22(19)30-20(15)23(29)28-11-9-16-6-2-3-7-17(16)13-28/h4-5,8,10,14,16-17H,2-3,6-7,9,11-13H2,1H3,(H,25,26,27)/t16-,17-/m0/s1. The van der Waals surface area contributed by atoms with Gasteiger partial charge in [0.1, 0.15) is 17.0 Å². The second kappa shape index (κ2) is 8.30. The van der Waals surface area contributed by atoms with Crippen LogP contribution in [0.3, 0.4) is 0 Å². The zero-order valence-electron chi connectivity index (χ0n) is 17.3. The van der Waals surface area contributed by atoms with Gasteiger partial charge in [-0.2, -0.15) is 0 Å². The monoisotopic (exact) mass is 421 g/mol. The lowest BCUT2D eigenvalue weighted by Crippen LogP contribution is -2.44. The van der Waals surface area contributed by atoms with Crippen molar-refractivity contribution < 1.29 is 4.79 Å². The van der Waals surface area contributed by atoms with Gasteiger partial charge in [-0.15, -0.1) is 11.3 Å². The molecule has 0 aromatic carbocycles. The average Bonchev–Trinajstić information content (AvgIpc) is 3.14. The largest absolute Gasteiger partial charge is 0.364 e. The Morgan fingerprint density at radius 3 is 2.87 bits per heavy atom. The summed E-state index contributed by atoms with van der Waals surface area (Å²) in [6.45, 7) is 4.40. The predicted octanol–water partition coefficient (Wildman–Crippen LogP) is 4.66. The van der Waals surface area contributed by atoms with Crippen LogP contribution in [-0.2, 0) is 6.54 Å². The number of piperidine rings is 1. The molecular weight excluding hydrogens is 394 g/mol. The van der Waals surface area contributed by atoms with E-state index in [1.807, 2.05) is 25.1 Å². The van der Waals surface area contributed by atoms with Crippen molar-refractivity contribution >= 4 is 33.3 Å². The Kier molecular flexibility index (Phi) is 5.37. The fraction of sp³-hybridized carbons (Fsp3) is 0.478. The van der Waals surface area contributed by atoms with Gasteiger partial charge in [-0.3, -0.25) is 9.78 Å². The van der Waals surface area contributed by atoms with Gasteiger partial charge in [-0.05, 0) is 49.3 Å². The molecule has 0 bridgehead atoms. The Balaban J connectivity index is 1.38. The molecule has 3 aromatic rings. The van der Waals surface area contributed by atoms with E-state index in [1.165, 1.54) is 37.0 Å². The number of amides is 1. The lowest BCUT2D eigenvalue weighted by Gasteiger charge is -2.41. The molecule has 1 aliphatic heterocycles. The number of fused-ring (bicyclic) bond motifs is 2. The molecule has 2 atom stereocenters. The van der Waals surface area contributed by atoms with Gasteiger partial charge in [0.2, 0.25) is 0 Å². The Labute approximate surface area is 180 Å². The summed E-state index contributed by atoms with van der Waals surface area (Å²) in [5.74, 6) is 2.43. The van der Waals surface area contributed by atoms with Crippen LogP contribution in [0, 0.1) is 18.8 Å². The van der Waals surface area contributed by atoms with E-state index in [-0.39, 0.29) is 5.91 Å². The number of aromatic nitrogens is 3. The van der Waals surface area contributed by atoms with Crippen molar-refractivity contribution in [3.63, 3.8) is 0 Å². The number of anilines is 1. The van der Waals surface area contributed by atoms with E-state index < -0.39 is 0 Å². The van der Waals surface area contributed by atoms with Crippen molar-refractivity contribution in [2.24, 2.45) is 11.8 Å². The van der Waals surface area contributed by atoms with Gasteiger partial charge >= 0.3 is 0 Å². The number of hydrogen-bond donors (Lipinski definition) is 1. The molecule has 1 amide bonds. The molecule has 1 aliphatic carbocycles. The maximum Gasteiger partial charge on any atom is 0.264 e. The number of aryl methyl sites for hydroxylation is 1. The molecule has 30 heavy (non-hydrogen) atoms. The Morgan fingerprint density at radius 2 is 2.03 bits per heavy atom. The number of likely N-dealkylation sites (tertiary alicyclic amines) is 1. The molecule has 1 N–H and O–H groups in total. The fourth-order valence-electron chi connectivity index (χ4n) is 5.02. The molecule has 2 aliphatic rings. The van der Waals surface area contributed by atoms with Crippen LogP contribution in [0.2, 0.25) is 0 Å². The van der Waals surface area contributed by atoms with Gasteiger partial charge in [0, 0.05) is 19.3 Å². The van der Waals surface area contributed by atoms with Gasteiger partial charge in [0.25, 0.3) is 5.91 Å². The second-order valence-electron chi connectivity index (χ2n) is 8.48. The summed E-state index contributed by atoms with van der Waals surface area (Å²) in [4.78, 5) is 30.4. The molecule has 1 saturated carbocycles. The van der Waals surface area contributed by atoms with Crippen LogP contribution in [0.4, 0.5) is 5.82 Å². The van der Waals surface area contributed by atoms with E-state index in [1.54, 1.807) is 12.5 Å². The van der Waals surface area contributed by atoms with Crippen LogP contribution in [0.15, 0.2) is 30.7 Å². The molecule has 156 valence electrons. The van der Waals surface area contributed by atoms with Crippen LogP contribution in [0.5, 0.6) is 0 Å². The highest BCUT2D eigenvalue weighted by atomic mass is 32.1. The maximum atomic E-state index is 13.4. The molecule has 1 saturated heterocycles. The number of pyridine rings is 1. The highest BCUT2D eigenvalue weighted by Crippen LogP contribution is 2.38. The van der Waals surface area contributed by atoms with Crippen molar-refractivity contribution in [3.05, 3.63) is 46.9 Å². The summed E-state index contributed by atoms with van der Waals surface area (Å²) >= 11 is 1.49. The van der Waals surface area contributed by atoms with Crippen LogP contribution in [0.1, 0.15) is 53.0 Å². The summed E-state index contributed by atoms with van der Waals surface area (Å²) in [7, 11) is 0. The Hall–Kier alpha value is -2.54. The molecule has 2 fully saturated rings. The van der Waals surface area contributed by atoms with Gasteiger partial charge in [-0.25, -0.2) is 9.97 Å². The smallest absolute Gasteiger partial charge is 0.264 e. The number of rotatable bonds is 4. The van der Waals surface area contributed by atoms with Crippen molar-refractivity contribution in [3.8, 4) is 0 Å². The quantitative estimate of drug-likeness (QED) is 0.663. The molecule has 0 radical (unpaired) electrons. The molecule has 5 rings (SSSR count). The van der Waals surface area contributed by atoms with E-state index >= 15 is 0 Å². The first-order valence-corrected chi connectivity index (χ1v) is 11.7. The van der Waals surface area contributed by atoms with E-state index in [0.29, 0.717) is 12.5 Å². The summed E-state index contributed by atoms with van der Waals surface area (Å²) in [5.41, 5.74) is 1.93. The number of thiophene rings is 1. The lowest BCUT2D eigenvalue weighted by atomic mass is 9.75. The summed E-state index contributed by atoms with van der Waals surface area (Å²) < 4.78 is 0. The number of carbonyl (C=O) groups excluding carboxylic acids is 1. The summed E-state index contributed by atoms with van der Waals surface area (Å²) in [6, 6.07) is 5.86. The third-order valence-corrected chi connectivity index (χ3v) is 7.85. The fourth-order valence-corrected chi connectivity index (χ4v) is 6.13. The summed E-state index contributed by atoms with van der Waals surface area (Å²) in [5, 5.41) is 4.34. The summed E-state index contributed by atoms with van der Waals surface area (Å²) in [6.07, 6.45) is 9.79. The van der Waals surface area contributed by atoms with Gasteiger partial charge in [0.15, 0.2) is 0 Å². The minimum absolute atomic E-state index is 0.162. The van der Waals surface area contributed by atoms with Crippen molar-refractivity contribution in [1.29, 1.82) is 0 Å².